The molecular weight excluding hydrogens is 693 g/mol. The van der Waals surface area contributed by atoms with Crippen molar-refractivity contribution in [2.45, 2.75) is 225 Å². The van der Waals surface area contributed by atoms with Crippen LogP contribution in [0.3, 0.4) is 0 Å². The van der Waals surface area contributed by atoms with Crippen LogP contribution < -0.4 is 0 Å². The second kappa shape index (κ2) is 21.7. The largest absolute Gasteiger partial charge is 0.500 e. The number of rotatable bonds is 27. The van der Waals surface area contributed by atoms with E-state index in [9.17, 15) is 0 Å². The van der Waals surface area contributed by atoms with Crippen LogP contribution in [0.2, 0.25) is 62.0 Å². The fourth-order valence-electron chi connectivity index (χ4n) is 10.0. The van der Waals surface area contributed by atoms with Gasteiger partial charge in [0.25, 0.3) is 0 Å². The van der Waals surface area contributed by atoms with Crippen LogP contribution in [0.15, 0.2) is 0 Å². The van der Waals surface area contributed by atoms with E-state index in [2.05, 4.69) is 125 Å². The Morgan fingerprint density at radius 1 is 0.286 bits per heavy atom. The van der Waals surface area contributed by atoms with Gasteiger partial charge in [0, 0.05) is 33.4 Å². The van der Waals surface area contributed by atoms with E-state index in [1.807, 2.05) is 0 Å². The summed E-state index contributed by atoms with van der Waals surface area (Å²) in [6.45, 7) is 43.7. The second-order valence-electron chi connectivity index (χ2n) is 17.9. The molecular formula is C38H88O6Si5. The fraction of sp³-hybridized carbons (Fsp3) is 1.00. The van der Waals surface area contributed by atoms with Crippen molar-refractivity contribution in [3.05, 3.63) is 0 Å². The summed E-state index contributed by atoms with van der Waals surface area (Å²) in [5.41, 5.74) is 4.21. The summed E-state index contributed by atoms with van der Waals surface area (Å²) < 4.78 is 41.6. The SMILES string of the molecule is CO[Si](CCCCCCCC[Si](O[Si](C(C)C)(C(C)C)C(C)C)(O[Si](C(C)C)(C(C)C)C(C)C)O[Si](C(C)C)(C(C)C)C(C)C)(OC)OC. The topological polar surface area (TPSA) is 55.4 Å². The molecule has 0 saturated carbocycles. The Kier molecular flexibility index (Phi) is 22.0. The van der Waals surface area contributed by atoms with Gasteiger partial charge in [-0.1, -0.05) is 150 Å². The van der Waals surface area contributed by atoms with Crippen LogP contribution in [0.25, 0.3) is 0 Å². The zero-order valence-electron chi connectivity index (χ0n) is 36.8. The third kappa shape index (κ3) is 11.9. The minimum atomic E-state index is -3.24. The van der Waals surface area contributed by atoms with Gasteiger partial charge in [-0.25, -0.2) is 0 Å². The van der Waals surface area contributed by atoms with Crippen LogP contribution in [-0.2, 0) is 25.6 Å². The Morgan fingerprint density at radius 3 is 0.653 bits per heavy atom. The molecule has 0 amide bonds. The number of hydrogen-bond acceptors (Lipinski definition) is 6. The molecule has 0 heterocycles. The third-order valence-electron chi connectivity index (χ3n) is 12.3. The smallest absolute Gasteiger partial charge is 0.415 e. The second-order valence-corrected chi connectivity index (χ2v) is 40.8. The van der Waals surface area contributed by atoms with Gasteiger partial charge >= 0.3 is 17.6 Å². The van der Waals surface area contributed by atoms with Crippen molar-refractivity contribution in [2.24, 2.45) is 0 Å². The van der Waals surface area contributed by atoms with Crippen LogP contribution in [0.5, 0.6) is 0 Å². The molecule has 0 aliphatic carbocycles. The molecule has 0 unspecified atom stereocenters. The molecule has 0 saturated heterocycles. The van der Waals surface area contributed by atoms with Gasteiger partial charge in [-0.05, 0) is 62.7 Å². The Labute approximate surface area is 313 Å². The van der Waals surface area contributed by atoms with Crippen molar-refractivity contribution in [3.63, 3.8) is 0 Å². The van der Waals surface area contributed by atoms with Crippen LogP contribution in [0.1, 0.15) is 163 Å². The van der Waals surface area contributed by atoms with Crippen molar-refractivity contribution < 1.29 is 25.6 Å². The lowest BCUT2D eigenvalue weighted by Gasteiger charge is -2.56. The first-order chi connectivity index (χ1) is 22.5. The van der Waals surface area contributed by atoms with E-state index in [1.165, 1.54) is 19.3 Å². The maximum Gasteiger partial charge on any atom is 0.500 e. The average molecular weight is 782 g/mol. The lowest BCUT2D eigenvalue weighted by molar-refractivity contribution is 0.122. The normalized spacial score (nSPS) is 14.6. The van der Waals surface area contributed by atoms with Crippen LogP contribution in [0.4, 0.5) is 0 Å². The van der Waals surface area contributed by atoms with E-state index in [4.69, 9.17) is 25.6 Å². The van der Waals surface area contributed by atoms with Gasteiger partial charge in [0.05, 0.1) is 0 Å². The van der Waals surface area contributed by atoms with Gasteiger partial charge in [0.15, 0.2) is 25.0 Å². The number of hydrogen-bond donors (Lipinski definition) is 0. The van der Waals surface area contributed by atoms with Crippen LogP contribution in [0, 0.1) is 0 Å². The first kappa shape index (κ1) is 49.8. The molecule has 0 N–H and O–H groups in total. The van der Waals surface area contributed by atoms with E-state index >= 15 is 0 Å². The molecule has 0 aliphatic rings. The van der Waals surface area contributed by atoms with Crippen molar-refractivity contribution in [3.8, 4) is 0 Å². The summed E-state index contributed by atoms with van der Waals surface area (Å²) in [6, 6.07) is 1.80. The third-order valence-corrected chi connectivity index (χ3v) is 40.3. The molecule has 296 valence electrons. The standard InChI is InChI=1S/C38H88O6Si5/c1-30(2)47(31(3)4,32(5)6)42-46(43-48(33(7)8,34(9)10)35(11)12,44-49(36(13)14,37(15)16)38(17)18)29-27-25-23-22-24-26-28-45(39-19,40-20)41-21/h30-38H,22-29H2,1-21H3. The van der Waals surface area contributed by atoms with E-state index in [-0.39, 0.29) is 0 Å². The van der Waals surface area contributed by atoms with Crippen molar-refractivity contribution >= 4 is 42.6 Å². The molecule has 0 rings (SSSR count). The Hall–Kier alpha value is 0.844. The van der Waals surface area contributed by atoms with Gasteiger partial charge < -0.3 is 25.6 Å². The fourth-order valence-corrected chi connectivity index (χ4v) is 42.3. The van der Waals surface area contributed by atoms with Gasteiger partial charge in [0.1, 0.15) is 0 Å². The molecule has 0 aromatic heterocycles. The monoisotopic (exact) mass is 781 g/mol. The quantitative estimate of drug-likeness (QED) is 0.0611. The minimum Gasteiger partial charge on any atom is -0.415 e. The Bertz CT molecular complexity index is 733. The maximum absolute atomic E-state index is 8.21. The van der Waals surface area contributed by atoms with Crippen molar-refractivity contribution in [1.82, 2.24) is 0 Å². The molecule has 0 aliphatic heterocycles. The lowest BCUT2D eigenvalue weighted by atomic mass is 10.1. The molecule has 0 spiro atoms. The molecule has 0 fully saturated rings. The van der Waals surface area contributed by atoms with Crippen molar-refractivity contribution in [1.29, 1.82) is 0 Å². The molecule has 0 atom stereocenters. The molecule has 49 heavy (non-hydrogen) atoms. The summed E-state index contributed by atoms with van der Waals surface area (Å²) in [6.07, 6.45) is 6.90. The van der Waals surface area contributed by atoms with Gasteiger partial charge in [-0.2, -0.15) is 0 Å². The van der Waals surface area contributed by atoms with Gasteiger partial charge in [0.2, 0.25) is 0 Å². The Morgan fingerprint density at radius 2 is 0.469 bits per heavy atom. The maximum atomic E-state index is 8.21. The average Bonchev–Trinajstić information content (AvgIpc) is 2.99. The van der Waals surface area contributed by atoms with E-state index in [0.717, 1.165) is 31.4 Å². The highest BCUT2D eigenvalue weighted by Gasteiger charge is 2.63. The van der Waals surface area contributed by atoms with E-state index < -0.39 is 42.6 Å². The molecule has 6 nitrogen and oxygen atoms in total. The highest BCUT2D eigenvalue weighted by molar-refractivity contribution is 6.94. The van der Waals surface area contributed by atoms with Gasteiger partial charge in [-0.3, -0.25) is 0 Å². The van der Waals surface area contributed by atoms with E-state index in [0.29, 0.717) is 49.9 Å². The molecule has 0 bridgehead atoms. The Balaban J connectivity index is 7.19. The van der Waals surface area contributed by atoms with E-state index in [1.54, 1.807) is 21.3 Å². The summed E-state index contributed by atoms with van der Waals surface area (Å²) in [7, 11) is -7.70. The first-order valence-corrected chi connectivity index (χ1v) is 30.5. The lowest BCUT2D eigenvalue weighted by Crippen LogP contribution is -2.69. The molecule has 11 heteroatoms. The molecule has 0 aromatic carbocycles. The minimum absolute atomic E-state index is 0.468. The number of unbranched alkanes of at least 4 members (excludes halogenated alkanes) is 5. The van der Waals surface area contributed by atoms with Crippen molar-refractivity contribution in [2.75, 3.05) is 21.3 Å². The summed E-state index contributed by atoms with van der Waals surface area (Å²) in [5, 5.41) is 0. The molecule has 0 aromatic rings. The summed E-state index contributed by atoms with van der Waals surface area (Å²) in [4.78, 5) is 0. The van der Waals surface area contributed by atoms with Gasteiger partial charge in [-0.15, -0.1) is 0 Å². The van der Waals surface area contributed by atoms with Crippen LogP contribution >= 0.6 is 0 Å². The zero-order chi connectivity index (χ0) is 38.6. The zero-order valence-corrected chi connectivity index (χ0v) is 41.8. The highest BCUT2D eigenvalue weighted by atomic mass is 28.5. The highest BCUT2D eigenvalue weighted by Crippen LogP contribution is 2.53. The first-order valence-electron chi connectivity index (χ1n) is 20.3. The predicted octanol–water partition coefficient (Wildman–Crippen LogP) is 13.7. The molecule has 0 radical (unpaired) electrons. The summed E-state index contributed by atoms with van der Waals surface area (Å²) >= 11 is 0. The van der Waals surface area contributed by atoms with Crippen LogP contribution in [-0.4, -0.2) is 63.9 Å². The predicted molar refractivity (Wildman–Crippen MR) is 226 cm³/mol. The summed E-state index contributed by atoms with van der Waals surface area (Å²) in [5.74, 6) is 0.